The monoisotopic (exact) mass is 150 g/mol. The van der Waals surface area contributed by atoms with Crippen LogP contribution in [0.4, 0.5) is 0 Å². The molecule has 4 heteroatoms. The van der Waals surface area contributed by atoms with Crippen molar-refractivity contribution in [3.05, 3.63) is 29.0 Å². The Labute approximate surface area is 62.6 Å². The molecule has 11 heavy (non-hydrogen) atoms. The van der Waals surface area contributed by atoms with Gasteiger partial charge in [0.1, 0.15) is 0 Å². The quantitative estimate of drug-likeness (QED) is 0.521. The van der Waals surface area contributed by atoms with Gasteiger partial charge in [0.2, 0.25) is 5.52 Å². The van der Waals surface area contributed by atoms with E-state index in [0.717, 1.165) is 5.56 Å². The van der Waals surface area contributed by atoms with Crippen LogP contribution in [0.2, 0.25) is 0 Å². The molecule has 2 aromatic rings. The van der Waals surface area contributed by atoms with Crippen LogP contribution in [0.3, 0.4) is 0 Å². The van der Waals surface area contributed by atoms with E-state index in [1.807, 2.05) is 13.0 Å². The van der Waals surface area contributed by atoms with Gasteiger partial charge in [-0.15, -0.1) is 0 Å². The van der Waals surface area contributed by atoms with E-state index in [1.54, 1.807) is 12.1 Å². The molecule has 56 valence electrons. The molecule has 0 N–H and O–H groups in total. The molecule has 0 unspecified atom stereocenters. The highest BCUT2D eigenvalue weighted by Crippen LogP contribution is 2.10. The predicted octanol–water partition coefficient (Wildman–Crippen LogP) is 0.770. The molecule has 0 aliphatic heterocycles. The lowest BCUT2D eigenvalue weighted by Crippen LogP contribution is -2.22. The standard InChI is InChI=1S/C7H6N2O2/c1-5-3-2-4-6-7(5)8-11-9(6)10/h2-4H,1H3. The van der Waals surface area contributed by atoms with Gasteiger partial charge in [-0.05, 0) is 17.9 Å². The second kappa shape index (κ2) is 1.95. The number of rotatable bonds is 0. The number of benzene rings is 1. The van der Waals surface area contributed by atoms with Gasteiger partial charge in [0.05, 0.1) is 0 Å². The lowest BCUT2D eigenvalue weighted by molar-refractivity contribution is -0.782. The molecule has 0 atom stereocenters. The highest BCUT2D eigenvalue weighted by atomic mass is 16.8. The van der Waals surface area contributed by atoms with E-state index in [4.69, 9.17) is 0 Å². The summed E-state index contributed by atoms with van der Waals surface area (Å²) < 4.78 is 4.41. The Hall–Kier alpha value is -1.58. The smallest absolute Gasteiger partial charge is 0.251 e. The van der Waals surface area contributed by atoms with Crippen molar-refractivity contribution >= 4 is 11.0 Å². The van der Waals surface area contributed by atoms with E-state index in [0.29, 0.717) is 15.9 Å². The summed E-state index contributed by atoms with van der Waals surface area (Å²) in [5, 5.41) is 14.4. The molecule has 4 nitrogen and oxygen atoms in total. The van der Waals surface area contributed by atoms with Gasteiger partial charge in [0.25, 0.3) is 5.52 Å². The first-order valence-electron chi connectivity index (χ1n) is 3.24. The van der Waals surface area contributed by atoms with Crippen molar-refractivity contribution in [1.29, 1.82) is 0 Å². The van der Waals surface area contributed by atoms with Crippen molar-refractivity contribution in [1.82, 2.24) is 5.16 Å². The van der Waals surface area contributed by atoms with E-state index in [2.05, 4.69) is 9.79 Å². The summed E-state index contributed by atoms with van der Waals surface area (Å²) in [5.74, 6) is 0. The highest BCUT2D eigenvalue weighted by molar-refractivity contribution is 5.73. The fraction of sp³-hybridized carbons (Fsp3) is 0.143. The molecule has 0 fully saturated rings. The van der Waals surface area contributed by atoms with Gasteiger partial charge in [-0.1, -0.05) is 12.1 Å². The van der Waals surface area contributed by atoms with Crippen molar-refractivity contribution < 1.29 is 9.53 Å². The minimum Gasteiger partial charge on any atom is -0.359 e. The molecular formula is C7H6N2O2. The Morgan fingerprint density at radius 3 is 3.09 bits per heavy atom. The van der Waals surface area contributed by atoms with Gasteiger partial charge in [-0.25, -0.2) is 0 Å². The van der Waals surface area contributed by atoms with E-state index in [9.17, 15) is 5.21 Å². The SMILES string of the molecule is Cc1cccc2c1no[n+]2[O-]. The lowest BCUT2D eigenvalue weighted by atomic mass is 10.2. The van der Waals surface area contributed by atoms with Gasteiger partial charge >= 0.3 is 0 Å². The van der Waals surface area contributed by atoms with E-state index in [1.165, 1.54) is 0 Å². The third-order valence-corrected chi connectivity index (χ3v) is 1.62. The number of aromatic nitrogens is 2. The van der Waals surface area contributed by atoms with Crippen LogP contribution < -0.4 is 4.90 Å². The van der Waals surface area contributed by atoms with Gasteiger partial charge in [-0.3, -0.25) is 4.63 Å². The summed E-state index contributed by atoms with van der Waals surface area (Å²) in [6, 6.07) is 5.35. The van der Waals surface area contributed by atoms with Crippen LogP contribution in [0.15, 0.2) is 22.8 Å². The average molecular weight is 150 g/mol. The Kier molecular flexibility index (Phi) is 1.09. The summed E-state index contributed by atoms with van der Waals surface area (Å²) in [5.41, 5.74) is 2.05. The van der Waals surface area contributed by atoms with Crippen LogP contribution in [-0.2, 0) is 0 Å². The zero-order valence-corrected chi connectivity index (χ0v) is 5.94. The molecule has 0 bridgehead atoms. The summed E-state index contributed by atoms with van der Waals surface area (Å²) in [6.45, 7) is 1.88. The summed E-state index contributed by atoms with van der Waals surface area (Å²) >= 11 is 0. The van der Waals surface area contributed by atoms with Crippen molar-refractivity contribution in [2.45, 2.75) is 6.92 Å². The third kappa shape index (κ3) is 0.756. The summed E-state index contributed by atoms with van der Waals surface area (Å²) in [6.07, 6.45) is 0. The minimum absolute atomic E-state index is 0.405. The number of hydrogen-bond donors (Lipinski definition) is 0. The molecule has 1 aromatic heterocycles. The molecule has 1 aromatic carbocycles. The van der Waals surface area contributed by atoms with Gasteiger partial charge in [0.15, 0.2) is 0 Å². The van der Waals surface area contributed by atoms with Crippen LogP contribution in [0, 0.1) is 12.1 Å². The predicted molar refractivity (Wildman–Crippen MR) is 37.7 cm³/mol. The summed E-state index contributed by atoms with van der Waals surface area (Å²) in [7, 11) is 0. The number of nitrogens with zero attached hydrogens (tertiary/aromatic N) is 2. The third-order valence-electron chi connectivity index (χ3n) is 1.62. The number of hydrogen-bond acceptors (Lipinski definition) is 3. The summed E-state index contributed by atoms with van der Waals surface area (Å²) in [4.78, 5) is 0.405. The minimum atomic E-state index is 0.405. The van der Waals surface area contributed by atoms with Crippen LogP contribution >= 0.6 is 0 Å². The first-order chi connectivity index (χ1) is 5.29. The molecule has 0 amide bonds. The van der Waals surface area contributed by atoms with Crippen LogP contribution in [-0.4, -0.2) is 5.16 Å². The largest absolute Gasteiger partial charge is 0.359 e. The van der Waals surface area contributed by atoms with Crippen molar-refractivity contribution in [2.24, 2.45) is 0 Å². The molecule has 1 heterocycles. The van der Waals surface area contributed by atoms with Gasteiger partial charge < -0.3 is 5.21 Å². The van der Waals surface area contributed by atoms with Crippen LogP contribution in [0.5, 0.6) is 0 Å². The fourth-order valence-corrected chi connectivity index (χ4v) is 1.03. The molecule has 0 spiro atoms. The first-order valence-corrected chi connectivity index (χ1v) is 3.24. The number of fused-ring (bicyclic) bond motifs is 1. The van der Waals surface area contributed by atoms with Crippen LogP contribution in [0.1, 0.15) is 5.56 Å². The molecule has 0 aliphatic carbocycles. The lowest BCUT2D eigenvalue weighted by Gasteiger charge is -1.86. The van der Waals surface area contributed by atoms with E-state index in [-0.39, 0.29) is 0 Å². The number of aryl methyl sites for hydroxylation is 1. The zero-order valence-electron chi connectivity index (χ0n) is 5.94. The van der Waals surface area contributed by atoms with E-state index < -0.39 is 0 Å². The maximum absolute atomic E-state index is 10.8. The van der Waals surface area contributed by atoms with Gasteiger partial charge in [-0.2, -0.15) is 0 Å². The molecule has 2 rings (SSSR count). The fourth-order valence-electron chi connectivity index (χ4n) is 1.03. The van der Waals surface area contributed by atoms with Crippen molar-refractivity contribution in [2.75, 3.05) is 0 Å². The average Bonchev–Trinajstić information content (AvgIpc) is 2.35. The highest BCUT2D eigenvalue weighted by Gasteiger charge is 2.09. The van der Waals surface area contributed by atoms with Gasteiger partial charge in [0, 0.05) is 10.7 Å². The Balaban J connectivity index is 2.94. The maximum atomic E-state index is 10.8. The molecule has 0 saturated heterocycles. The topological polar surface area (TPSA) is 53.0 Å². The van der Waals surface area contributed by atoms with E-state index >= 15 is 0 Å². The van der Waals surface area contributed by atoms with Crippen molar-refractivity contribution in [3.63, 3.8) is 0 Å². The van der Waals surface area contributed by atoms with Crippen LogP contribution in [0.25, 0.3) is 11.0 Å². The molecule has 0 radical (unpaired) electrons. The normalized spacial score (nSPS) is 10.6. The Morgan fingerprint density at radius 1 is 1.55 bits per heavy atom. The molecular weight excluding hydrogens is 144 g/mol. The Morgan fingerprint density at radius 2 is 2.36 bits per heavy atom. The zero-order chi connectivity index (χ0) is 7.84. The van der Waals surface area contributed by atoms with Crippen molar-refractivity contribution in [3.8, 4) is 0 Å². The second-order valence-electron chi connectivity index (χ2n) is 2.37. The Bertz CT molecular complexity index is 394. The first kappa shape index (κ1) is 6.15. The molecule has 0 aliphatic rings. The second-order valence-corrected chi connectivity index (χ2v) is 2.37. The molecule has 0 saturated carbocycles. The maximum Gasteiger partial charge on any atom is 0.251 e.